The number of aryl methyl sites for hydroxylation is 3. The van der Waals surface area contributed by atoms with Crippen LogP contribution in [0.15, 0.2) is 65.2 Å². The molecule has 0 amide bonds. The van der Waals surface area contributed by atoms with Gasteiger partial charge in [-0.1, -0.05) is 55.7 Å². The van der Waals surface area contributed by atoms with E-state index in [1.54, 1.807) is 25.3 Å². The van der Waals surface area contributed by atoms with Crippen molar-refractivity contribution in [2.45, 2.75) is 51.9 Å². The maximum atomic E-state index is 15.3. The standard InChI is InChI=1S/C32H30F2NO/c1-19-9-14-24-25-15-16-26(33)30(23-12-10-22(11-13-23)21-7-5-4-6-8-21)32(25)36-31(24)29(19)28-17-27(34)20(2)18-35(28)3/h9-18,21H,4-8H2,1-3H3/q+1. The van der Waals surface area contributed by atoms with Crippen LogP contribution >= 0.6 is 0 Å². The highest BCUT2D eigenvalue weighted by atomic mass is 19.1. The van der Waals surface area contributed by atoms with Crippen LogP contribution in [0.3, 0.4) is 0 Å². The summed E-state index contributed by atoms with van der Waals surface area (Å²) < 4.78 is 38.3. The van der Waals surface area contributed by atoms with Crippen molar-refractivity contribution in [1.29, 1.82) is 0 Å². The number of nitrogens with zero attached hydrogens (tertiary/aromatic N) is 1. The topological polar surface area (TPSA) is 17.0 Å². The van der Waals surface area contributed by atoms with Gasteiger partial charge in [-0.3, -0.25) is 0 Å². The minimum Gasteiger partial charge on any atom is -0.454 e. The van der Waals surface area contributed by atoms with Crippen LogP contribution in [0.2, 0.25) is 0 Å². The van der Waals surface area contributed by atoms with Gasteiger partial charge in [0.05, 0.1) is 11.1 Å². The average molecular weight is 483 g/mol. The average Bonchev–Trinajstić information content (AvgIpc) is 3.25. The highest BCUT2D eigenvalue weighted by Gasteiger charge is 2.24. The van der Waals surface area contributed by atoms with Crippen LogP contribution in [-0.2, 0) is 7.05 Å². The molecular formula is C32H30F2NO+. The van der Waals surface area contributed by atoms with E-state index < -0.39 is 0 Å². The monoisotopic (exact) mass is 482 g/mol. The smallest absolute Gasteiger partial charge is 0.219 e. The van der Waals surface area contributed by atoms with Gasteiger partial charge in [0.1, 0.15) is 29.8 Å². The second-order valence-electron chi connectivity index (χ2n) is 10.3. The Labute approximate surface area is 210 Å². The zero-order valence-electron chi connectivity index (χ0n) is 21.0. The number of hydrogen-bond acceptors (Lipinski definition) is 1. The quantitative estimate of drug-likeness (QED) is 0.235. The molecule has 1 aliphatic rings. The van der Waals surface area contributed by atoms with E-state index in [0.29, 0.717) is 28.2 Å². The van der Waals surface area contributed by atoms with Crippen molar-refractivity contribution in [2.24, 2.45) is 7.05 Å². The summed E-state index contributed by atoms with van der Waals surface area (Å²) in [5.41, 5.74) is 6.89. The Hall–Kier alpha value is -3.53. The molecule has 0 spiro atoms. The summed E-state index contributed by atoms with van der Waals surface area (Å²) in [6.45, 7) is 3.74. The normalized spacial score (nSPS) is 14.7. The zero-order chi connectivity index (χ0) is 25.0. The Morgan fingerprint density at radius 3 is 2.14 bits per heavy atom. The number of rotatable bonds is 3. The lowest BCUT2D eigenvalue weighted by atomic mass is 9.83. The number of furan rings is 1. The molecular weight excluding hydrogens is 452 g/mol. The second kappa shape index (κ2) is 8.85. The molecule has 6 rings (SSSR count). The summed E-state index contributed by atoms with van der Waals surface area (Å²) in [5.74, 6) is 0.0263. The number of halogens is 2. The molecule has 1 saturated carbocycles. The molecule has 1 fully saturated rings. The first-order valence-corrected chi connectivity index (χ1v) is 12.8. The molecule has 0 atom stereocenters. The maximum Gasteiger partial charge on any atom is 0.219 e. The molecule has 0 unspecified atom stereocenters. The van der Waals surface area contributed by atoms with Gasteiger partial charge in [0.25, 0.3) is 0 Å². The molecule has 2 heterocycles. The van der Waals surface area contributed by atoms with Gasteiger partial charge < -0.3 is 4.42 Å². The number of benzene rings is 3. The van der Waals surface area contributed by atoms with Gasteiger partial charge in [0.15, 0.2) is 6.20 Å². The molecule has 3 aromatic carbocycles. The summed E-state index contributed by atoms with van der Waals surface area (Å²) in [5, 5.41) is 1.75. The van der Waals surface area contributed by atoms with E-state index in [0.717, 1.165) is 33.2 Å². The van der Waals surface area contributed by atoms with Crippen LogP contribution in [0.25, 0.3) is 44.3 Å². The third-order valence-corrected chi connectivity index (χ3v) is 7.91. The van der Waals surface area contributed by atoms with Crippen molar-refractivity contribution in [2.75, 3.05) is 0 Å². The van der Waals surface area contributed by atoms with Gasteiger partial charge in [-0.2, -0.15) is 0 Å². The maximum absolute atomic E-state index is 15.3. The highest BCUT2D eigenvalue weighted by Crippen LogP contribution is 2.42. The van der Waals surface area contributed by atoms with Crippen LogP contribution in [0.1, 0.15) is 54.7 Å². The number of aromatic nitrogens is 1. The van der Waals surface area contributed by atoms with E-state index in [-0.39, 0.29) is 11.6 Å². The molecule has 2 nitrogen and oxygen atoms in total. The lowest BCUT2D eigenvalue weighted by Crippen LogP contribution is -2.31. The van der Waals surface area contributed by atoms with E-state index in [9.17, 15) is 4.39 Å². The number of fused-ring (bicyclic) bond motifs is 3. The minimum atomic E-state index is -0.308. The van der Waals surface area contributed by atoms with Crippen molar-refractivity contribution in [3.63, 3.8) is 0 Å². The Morgan fingerprint density at radius 2 is 1.42 bits per heavy atom. The fourth-order valence-corrected chi connectivity index (χ4v) is 5.93. The fraction of sp³-hybridized carbons (Fsp3) is 0.281. The summed E-state index contributed by atoms with van der Waals surface area (Å²) in [4.78, 5) is 0. The van der Waals surface area contributed by atoms with Crippen LogP contribution in [0.4, 0.5) is 8.78 Å². The molecule has 182 valence electrons. The molecule has 2 aromatic heterocycles. The van der Waals surface area contributed by atoms with E-state index in [1.807, 2.05) is 42.8 Å². The van der Waals surface area contributed by atoms with Gasteiger partial charge in [0.2, 0.25) is 5.69 Å². The van der Waals surface area contributed by atoms with E-state index in [2.05, 4.69) is 12.1 Å². The molecule has 5 aromatic rings. The predicted octanol–water partition coefficient (Wildman–Crippen LogP) is 8.69. The zero-order valence-corrected chi connectivity index (χ0v) is 21.0. The highest BCUT2D eigenvalue weighted by molar-refractivity contribution is 6.13. The van der Waals surface area contributed by atoms with Crippen LogP contribution in [-0.4, -0.2) is 0 Å². The van der Waals surface area contributed by atoms with E-state index >= 15 is 4.39 Å². The fourth-order valence-electron chi connectivity index (χ4n) is 5.93. The van der Waals surface area contributed by atoms with Crippen molar-refractivity contribution in [1.82, 2.24) is 0 Å². The second-order valence-corrected chi connectivity index (χ2v) is 10.3. The predicted molar refractivity (Wildman–Crippen MR) is 141 cm³/mol. The van der Waals surface area contributed by atoms with Gasteiger partial charge in [-0.05, 0) is 61.4 Å². The molecule has 0 N–H and O–H groups in total. The minimum absolute atomic E-state index is 0.264. The summed E-state index contributed by atoms with van der Waals surface area (Å²) in [7, 11) is 1.90. The van der Waals surface area contributed by atoms with Crippen molar-refractivity contribution >= 4 is 21.9 Å². The Kier molecular flexibility index (Phi) is 5.63. The first-order valence-electron chi connectivity index (χ1n) is 12.8. The largest absolute Gasteiger partial charge is 0.454 e. The molecule has 0 saturated heterocycles. The van der Waals surface area contributed by atoms with Gasteiger partial charge in [-0.15, -0.1) is 0 Å². The molecule has 0 bridgehead atoms. The SMILES string of the molecule is Cc1c[n+](C)c(-c2c(C)ccc3c2oc2c(-c4ccc(C5CCCCC5)cc4)c(F)ccc23)cc1F. The first-order chi connectivity index (χ1) is 17.4. The van der Waals surface area contributed by atoms with Gasteiger partial charge >= 0.3 is 0 Å². The van der Waals surface area contributed by atoms with Gasteiger partial charge in [-0.25, -0.2) is 13.3 Å². The number of pyridine rings is 1. The Morgan fingerprint density at radius 1 is 0.750 bits per heavy atom. The summed E-state index contributed by atoms with van der Waals surface area (Å²) >= 11 is 0. The molecule has 0 aliphatic heterocycles. The Balaban J connectivity index is 1.55. The Bertz CT molecular complexity index is 1610. The first kappa shape index (κ1) is 22.9. The van der Waals surface area contributed by atoms with Crippen LogP contribution < -0.4 is 4.57 Å². The van der Waals surface area contributed by atoms with Crippen LogP contribution in [0, 0.1) is 25.5 Å². The van der Waals surface area contributed by atoms with Crippen molar-refractivity contribution < 1.29 is 17.8 Å². The molecule has 36 heavy (non-hydrogen) atoms. The van der Waals surface area contributed by atoms with Crippen molar-refractivity contribution in [3.8, 4) is 22.4 Å². The molecule has 1 aliphatic carbocycles. The van der Waals surface area contributed by atoms with Crippen molar-refractivity contribution in [3.05, 3.63) is 89.1 Å². The van der Waals surface area contributed by atoms with Crippen LogP contribution in [0.5, 0.6) is 0 Å². The lowest BCUT2D eigenvalue weighted by Gasteiger charge is -2.22. The molecule has 0 radical (unpaired) electrons. The van der Waals surface area contributed by atoms with E-state index in [1.165, 1.54) is 43.7 Å². The third-order valence-electron chi connectivity index (χ3n) is 7.91. The lowest BCUT2D eigenvalue weighted by molar-refractivity contribution is -0.661. The third kappa shape index (κ3) is 3.71. The van der Waals surface area contributed by atoms with E-state index in [4.69, 9.17) is 4.42 Å². The number of hydrogen-bond donors (Lipinski definition) is 0. The van der Waals surface area contributed by atoms with Gasteiger partial charge in [0, 0.05) is 22.4 Å². The summed E-state index contributed by atoms with van der Waals surface area (Å²) in [6, 6.07) is 17.2. The summed E-state index contributed by atoms with van der Waals surface area (Å²) in [6.07, 6.45) is 8.12. The molecule has 4 heteroatoms.